The standard InChI is InChI=1S/C18H20ClNO3/c1-12-7-8-20-10-15(12)14-9-13(19)5-6-16(14)22-11-17(21)23-18(2,3)4/h5-10H,11H2,1-4H3. The van der Waals surface area contributed by atoms with Crippen molar-refractivity contribution < 1.29 is 14.3 Å². The van der Waals surface area contributed by atoms with Gasteiger partial charge in [-0.05, 0) is 57.5 Å². The molecule has 0 fully saturated rings. The SMILES string of the molecule is Cc1ccncc1-c1cc(Cl)ccc1OCC(=O)OC(C)(C)C. The highest BCUT2D eigenvalue weighted by atomic mass is 35.5. The van der Waals surface area contributed by atoms with Gasteiger partial charge in [0.2, 0.25) is 0 Å². The Hall–Kier alpha value is -2.07. The van der Waals surface area contributed by atoms with E-state index >= 15 is 0 Å². The molecule has 0 atom stereocenters. The Bertz CT molecular complexity index is 708. The topological polar surface area (TPSA) is 48.4 Å². The summed E-state index contributed by atoms with van der Waals surface area (Å²) in [5.74, 6) is 0.151. The maximum atomic E-state index is 11.8. The van der Waals surface area contributed by atoms with Crippen molar-refractivity contribution in [1.29, 1.82) is 0 Å². The fourth-order valence-electron chi connectivity index (χ4n) is 2.09. The van der Waals surface area contributed by atoms with Crippen LogP contribution in [0.1, 0.15) is 26.3 Å². The molecule has 1 aromatic heterocycles. The van der Waals surface area contributed by atoms with Crippen molar-refractivity contribution in [3.8, 4) is 16.9 Å². The normalized spacial score (nSPS) is 11.2. The Kier molecular flexibility index (Phi) is 5.26. The highest BCUT2D eigenvalue weighted by Crippen LogP contribution is 2.34. The lowest BCUT2D eigenvalue weighted by molar-refractivity contribution is -0.157. The minimum Gasteiger partial charge on any atom is -0.481 e. The van der Waals surface area contributed by atoms with Crippen LogP contribution < -0.4 is 4.74 Å². The highest BCUT2D eigenvalue weighted by Gasteiger charge is 2.18. The van der Waals surface area contributed by atoms with Crippen molar-refractivity contribution in [3.63, 3.8) is 0 Å². The van der Waals surface area contributed by atoms with E-state index in [0.29, 0.717) is 10.8 Å². The Balaban J connectivity index is 2.23. The molecule has 2 rings (SSSR count). The largest absolute Gasteiger partial charge is 0.481 e. The molecule has 0 saturated carbocycles. The lowest BCUT2D eigenvalue weighted by Crippen LogP contribution is -2.27. The maximum Gasteiger partial charge on any atom is 0.344 e. The molecule has 1 heterocycles. The number of hydrogen-bond donors (Lipinski definition) is 0. The Morgan fingerprint density at radius 3 is 2.61 bits per heavy atom. The summed E-state index contributed by atoms with van der Waals surface area (Å²) in [5, 5.41) is 0.591. The van der Waals surface area contributed by atoms with Gasteiger partial charge in [-0.2, -0.15) is 0 Å². The van der Waals surface area contributed by atoms with Gasteiger partial charge in [0.05, 0.1) is 0 Å². The third kappa shape index (κ3) is 4.96. The predicted octanol–water partition coefficient (Wildman–Crippen LogP) is 4.43. The van der Waals surface area contributed by atoms with Gasteiger partial charge in [-0.3, -0.25) is 4.98 Å². The zero-order chi connectivity index (χ0) is 17.0. The van der Waals surface area contributed by atoms with Crippen molar-refractivity contribution in [3.05, 3.63) is 47.2 Å². The van der Waals surface area contributed by atoms with Crippen LogP contribution in [-0.2, 0) is 9.53 Å². The van der Waals surface area contributed by atoms with E-state index < -0.39 is 11.6 Å². The molecule has 0 N–H and O–H groups in total. The second-order valence-electron chi connectivity index (χ2n) is 6.21. The number of hydrogen-bond acceptors (Lipinski definition) is 4. The molecule has 4 nitrogen and oxygen atoms in total. The Morgan fingerprint density at radius 2 is 1.96 bits per heavy atom. The summed E-state index contributed by atoms with van der Waals surface area (Å²) in [7, 11) is 0. The molecular formula is C18H20ClNO3. The minimum atomic E-state index is -0.538. The van der Waals surface area contributed by atoms with Crippen LogP contribution in [0.2, 0.25) is 5.02 Å². The van der Waals surface area contributed by atoms with Crippen LogP contribution in [0.4, 0.5) is 0 Å². The average molecular weight is 334 g/mol. The quantitative estimate of drug-likeness (QED) is 0.776. The third-order valence-corrected chi connectivity index (χ3v) is 3.27. The molecule has 23 heavy (non-hydrogen) atoms. The summed E-state index contributed by atoms with van der Waals surface area (Å²) in [6.45, 7) is 7.27. The van der Waals surface area contributed by atoms with E-state index in [-0.39, 0.29) is 6.61 Å². The number of halogens is 1. The first-order valence-corrected chi connectivity index (χ1v) is 7.69. The fraction of sp³-hybridized carbons (Fsp3) is 0.333. The molecule has 0 aliphatic heterocycles. The van der Waals surface area contributed by atoms with Crippen LogP contribution in [0.3, 0.4) is 0 Å². The van der Waals surface area contributed by atoms with Crippen LogP contribution >= 0.6 is 11.6 Å². The molecule has 0 aliphatic carbocycles. The van der Waals surface area contributed by atoms with E-state index in [0.717, 1.165) is 16.7 Å². The zero-order valence-corrected chi connectivity index (χ0v) is 14.5. The average Bonchev–Trinajstić information content (AvgIpc) is 2.44. The molecule has 0 saturated heterocycles. The molecule has 5 heteroatoms. The fourth-order valence-corrected chi connectivity index (χ4v) is 2.26. The summed E-state index contributed by atoms with van der Waals surface area (Å²) >= 11 is 6.10. The molecule has 0 aliphatic rings. The number of carbonyl (C=O) groups excluding carboxylic acids is 1. The lowest BCUT2D eigenvalue weighted by Gasteiger charge is -2.20. The van der Waals surface area contributed by atoms with Gasteiger partial charge in [0.1, 0.15) is 11.4 Å². The lowest BCUT2D eigenvalue weighted by atomic mass is 10.0. The number of benzene rings is 1. The van der Waals surface area contributed by atoms with Crippen molar-refractivity contribution in [2.45, 2.75) is 33.3 Å². The molecule has 2 aromatic rings. The second-order valence-corrected chi connectivity index (χ2v) is 6.64. The summed E-state index contributed by atoms with van der Waals surface area (Å²) in [4.78, 5) is 16.0. The number of aromatic nitrogens is 1. The number of carbonyl (C=O) groups is 1. The number of nitrogens with zero attached hydrogens (tertiary/aromatic N) is 1. The van der Waals surface area contributed by atoms with E-state index in [1.807, 2.05) is 33.8 Å². The monoisotopic (exact) mass is 333 g/mol. The molecular weight excluding hydrogens is 314 g/mol. The molecule has 0 radical (unpaired) electrons. The van der Waals surface area contributed by atoms with Gasteiger partial charge >= 0.3 is 5.97 Å². The Labute approximate surface area is 141 Å². The van der Waals surface area contributed by atoms with Crippen LogP contribution in [0.25, 0.3) is 11.1 Å². The molecule has 0 amide bonds. The summed E-state index contributed by atoms with van der Waals surface area (Å²) < 4.78 is 10.9. The zero-order valence-electron chi connectivity index (χ0n) is 13.7. The first-order chi connectivity index (χ1) is 10.8. The number of ether oxygens (including phenoxy) is 2. The van der Waals surface area contributed by atoms with Crippen molar-refractivity contribution in [1.82, 2.24) is 4.98 Å². The number of rotatable bonds is 4. The van der Waals surface area contributed by atoms with E-state index in [9.17, 15) is 4.79 Å². The van der Waals surface area contributed by atoms with Gasteiger partial charge in [0.25, 0.3) is 0 Å². The molecule has 1 aromatic carbocycles. The van der Waals surface area contributed by atoms with E-state index in [4.69, 9.17) is 21.1 Å². The first kappa shape index (κ1) is 17.3. The van der Waals surface area contributed by atoms with Crippen LogP contribution in [0.15, 0.2) is 36.7 Å². The van der Waals surface area contributed by atoms with Crippen LogP contribution in [-0.4, -0.2) is 23.2 Å². The molecule has 0 unspecified atom stereocenters. The van der Waals surface area contributed by atoms with Crippen molar-refractivity contribution in [2.24, 2.45) is 0 Å². The maximum absolute atomic E-state index is 11.8. The number of esters is 1. The smallest absolute Gasteiger partial charge is 0.344 e. The second kappa shape index (κ2) is 7.01. The van der Waals surface area contributed by atoms with E-state index in [1.54, 1.807) is 30.6 Å². The van der Waals surface area contributed by atoms with Gasteiger partial charge in [-0.15, -0.1) is 0 Å². The summed E-state index contributed by atoms with van der Waals surface area (Å²) in [5.41, 5.74) is 2.22. The molecule has 122 valence electrons. The highest BCUT2D eigenvalue weighted by molar-refractivity contribution is 6.31. The van der Waals surface area contributed by atoms with E-state index in [1.165, 1.54) is 0 Å². The van der Waals surface area contributed by atoms with Crippen molar-refractivity contribution in [2.75, 3.05) is 6.61 Å². The summed E-state index contributed by atoms with van der Waals surface area (Å²) in [6, 6.07) is 7.18. The van der Waals surface area contributed by atoms with Gasteiger partial charge in [0.15, 0.2) is 6.61 Å². The Morgan fingerprint density at radius 1 is 1.22 bits per heavy atom. The summed E-state index contributed by atoms with van der Waals surface area (Å²) in [6.07, 6.45) is 3.48. The van der Waals surface area contributed by atoms with Gasteiger partial charge < -0.3 is 9.47 Å². The first-order valence-electron chi connectivity index (χ1n) is 7.31. The van der Waals surface area contributed by atoms with Crippen LogP contribution in [0, 0.1) is 6.92 Å². The van der Waals surface area contributed by atoms with Gasteiger partial charge in [-0.1, -0.05) is 11.6 Å². The third-order valence-electron chi connectivity index (χ3n) is 3.04. The van der Waals surface area contributed by atoms with Crippen LogP contribution in [0.5, 0.6) is 5.75 Å². The minimum absolute atomic E-state index is 0.161. The van der Waals surface area contributed by atoms with E-state index in [2.05, 4.69) is 4.98 Å². The van der Waals surface area contributed by atoms with Gasteiger partial charge in [0, 0.05) is 28.5 Å². The number of aryl methyl sites for hydroxylation is 1. The molecule has 0 bridgehead atoms. The number of pyridine rings is 1. The van der Waals surface area contributed by atoms with Crippen molar-refractivity contribution >= 4 is 17.6 Å². The molecule has 0 spiro atoms. The van der Waals surface area contributed by atoms with Gasteiger partial charge in [-0.25, -0.2) is 4.79 Å². The predicted molar refractivity (Wildman–Crippen MR) is 90.8 cm³/mol.